The summed E-state index contributed by atoms with van der Waals surface area (Å²) < 4.78 is 0. The maximum absolute atomic E-state index is 12.0. The summed E-state index contributed by atoms with van der Waals surface area (Å²) in [7, 11) is 0. The van der Waals surface area contributed by atoms with Gasteiger partial charge in [-0.05, 0) is 45.9 Å². The first kappa shape index (κ1) is 19.5. The molecule has 0 fully saturated rings. The molecule has 0 saturated heterocycles. The fraction of sp³-hybridized carbons (Fsp3) is 0.429. The fourth-order valence-corrected chi connectivity index (χ4v) is 1.81. The van der Waals surface area contributed by atoms with Gasteiger partial charge in [0.25, 0.3) is 5.91 Å². The van der Waals surface area contributed by atoms with Crippen LogP contribution in [0.1, 0.15) is 38.1 Å². The van der Waals surface area contributed by atoms with Crippen LogP contribution in [0.3, 0.4) is 0 Å². The van der Waals surface area contributed by atoms with E-state index in [1.54, 1.807) is 13.0 Å². The number of benzene rings is 1. The van der Waals surface area contributed by atoms with E-state index in [0.717, 1.165) is 0 Å². The molecule has 2 amide bonds. The zero-order valence-corrected chi connectivity index (χ0v) is 14.1. The number of nitrogens with two attached hydrogens (primary N) is 1. The number of hydrogen-bond acceptors (Lipinski definition) is 3. The van der Waals surface area contributed by atoms with Gasteiger partial charge in [-0.25, -0.2) is 0 Å². The van der Waals surface area contributed by atoms with Crippen LogP contribution in [0.25, 0.3) is 0 Å². The molecule has 1 atom stereocenters. The minimum Gasteiger partial charge on any atom is -0.399 e. The van der Waals surface area contributed by atoms with E-state index in [-0.39, 0.29) is 34.4 Å². The summed E-state index contributed by atoms with van der Waals surface area (Å²) in [5, 5.41) is 5.65. The van der Waals surface area contributed by atoms with Gasteiger partial charge in [-0.1, -0.05) is 11.6 Å². The number of carbonyl (C=O) groups is 2. The lowest BCUT2D eigenvalue weighted by Crippen LogP contribution is -2.50. The second-order valence-electron chi connectivity index (χ2n) is 5.67. The maximum atomic E-state index is 12.0. The molecule has 0 aliphatic rings. The first-order chi connectivity index (χ1) is 9.10. The molecular formula is C14H21Cl2N3O2. The van der Waals surface area contributed by atoms with Gasteiger partial charge in [0.2, 0.25) is 5.91 Å². The van der Waals surface area contributed by atoms with Crippen molar-refractivity contribution < 1.29 is 9.59 Å². The van der Waals surface area contributed by atoms with Crippen LogP contribution < -0.4 is 16.4 Å². The van der Waals surface area contributed by atoms with Crippen molar-refractivity contribution in [2.24, 2.45) is 0 Å². The van der Waals surface area contributed by atoms with Gasteiger partial charge >= 0.3 is 0 Å². The molecule has 21 heavy (non-hydrogen) atoms. The molecule has 1 rings (SSSR count). The van der Waals surface area contributed by atoms with Crippen LogP contribution in [0.2, 0.25) is 5.02 Å². The lowest BCUT2D eigenvalue weighted by atomic mass is 10.1. The lowest BCUT2D eigenvalue weighted by Gasteiger charge is -2.23. The second kappa shape index (κ2) is 7.52. The Morgan fingerprint density at radius 2 is 1.86 bits per heavy atom. The summed E-state index contributed by atoms with van der Waals surface area (Å²) in [5.74, 6) is -0.663. The summed E-state index contributed by atoms with van der Waals surface area (Å²) in [4.78, 5) is 23.9. The molecule has 1 aromatic rings. The van der Waals surface area contributed by atoms with Crippen molar-refractivity contribution in [2.75, 3.05) is 5.73 Å². The van der Waals surface area contributed by atoms with Crippen LogP contribution in [0.5, 0.6) is 0 Å². The van der Waals surface area contributed by atoms with Crippen molar-refractivity contribution in [2.45, 2.75) is 39.3 Å². The van der Waals surface area contributed by atoms with Crippen molar-refractivity contribution >= 4 is 41.5 Å². The third kappa shape index (κ3) is 6.23. The molecule has 1 aromatic carbocycles. The Kier molecular flexibility index (Phi) is 7.00. The Balaban J connectivity index is 0.00000400. The number of carbonyl (C=O) groups excluding carboxylic acids is 2. The molecule has 7 heteroatoms. The normalized spacial score (nSPS) is 12.0. The number of anilines is 1. The zero-order valence-electron chi connectivity index (χ0n) is 12.5. The highest BCUT2D eigenvalue weighted by molar-refractivity contribution is 6.34. The molecule has 0 saturated carbocycles. The van der Waals surface area contributed by atoms with Crippen LogP contribution in [0.4, 0.5) is 5.69 Å². The Morgan fingerprint density at radius 3 is 2.33 bits per heavy atom. The first-order valence-electron chi connectivity index (χ1n) is 6.28. The highest BCUT2D eigenvalue weighted by atomic mass is 35.5. The Hall–Kier alpha value is -1.46. The SMILES string of the molecule is CC(NC(=O)c1ccc(N)cc1Cl)C(=O)NC(C)(C)C.Cl. The predicted molar refractivity (Wildman–Crippen MR) is 87.9 cm³/mol. The quantitative estimate of drug-likeness (QED) is 0.742. The summed E-state index contributed by atoms with van der Waals surface area (Å²) >= 11 is 5.95. The van der Waals surface area contributed by atoms with E-state index >= 15 is 0 Å². The van der Waals surface area contributed by atoms with E-state index in [2.05, 4.69) is 10.6 Å². The van der Waals surface area contributed by atoms with Crippen molar-refractivity contribution in [3.63, 3.8) is 0 Å². The highest BCUT2D eigenvalue weighted by Gasteiger charge is 2.21. The number of rotatable bonds is 3. The van der Waals surface area contributed by atoms with E-state index in [1.165, 1.54) is 12.1 Å². The molecule has 0 aliphatic carbocycles. The topological polar surface area (TPSA) is 84.2 Å². The number of hydrogen-bond donors (Lipinski definition) is 3. The lowest BCUT2D eigenvalue weighted by molar-refractivity contribution is -0.124. The highest BCUT2D eigenvalue weighted by Crippen LogP contribution is 2.19. The van der Waals surface area contributed by atoms with Gasteiger partial charge in [0, 0.05) is 11.2 Å². The van der Waals surface area contributed by atoms with Crippen LogP contribution in [-0.2, 0) is 4.79 Å². The van der Waals surface area contributed by atoms with Crippen LogP contribution in [0.15, 0.2) is 18.2 Å². The third-order valence-electron chi connectivity index (χ3n) is 2.48. The van der Waals surface area contributed by atoms with Crippen molar-refractivity contribution in [3.05, 3.63) is 28.8 Å². The molecular weight excluding hydrogens is 313 g/mol. The van der Waals surface area contributed by atoms with Crippen molar-refractivity contribution in [1.82, 2.24) is 10.6 Å². The van der Waals surface area contributed by atoms with Gasteiger partial charge in [0.15, 0.2) is 0 Å². The average molecular weight is 334 g/mol. The van der Waals surface area contributed by atoms with Crippen molar-refractivity contribution in [3.8, 4) is 0 Å². The molecule has 4 N–H and O–H groups in total. The molecule has 0 aliphatic heterocycles. The zero-order chi connectivity index (χ0) is 15.5. The number of amides is 2. The summed E-state index contributed by atoms with van der Waals surface area (Å²) in [6.45, 7) is 7.23. The van der Waals surface area contributed by atoms with Gasteiger partial charge in [-0.3, -0.25) is 9.59 Å². The monoisotopic (exact) mass is 333 g/mol. The van der Waals surface area contributed by atoms with Crippen LogP contribution >= 0.6 is 24.0 Å². The summed E-state index contributed by atoms with van der Waals surface area (Å²) in [6, 6.07) is 3.95. The first-order valence-corrected chi connectivity index (χ1v) is 6.66. The van der Waals surface area contributed by atoms with Gasteiger partial charge < -0.3 is 16.4 Å². The third-order valence-corrected chi connectivity index (χ3v) is 2.79. The minimum atomic E-state index is -0.657. The van der Waals surface area contributed by atoms with Gasteiger partial charge in [0.05, 0.1) is 10.6 Å². The smallest absolute Gasteiger partial charge is 0.253 e. The van der Waals surface area contributed by atoms with Crippen LogP contribution in [-0.4, -0.2) is 23.4 Å². The minimum absolute atomic E-state index is 0. The van der Waals surface area contributed by atoms with Gasteiger partial charge in [-0.15, -0.1) is 12.4 Å². The largest absolute Gasteiger partial charge is 0.399 e. The number of halogens is 2. The van der Waals surface area contributed by atoms with Crippen LogP contribution in [0, 0.1) is 0 Å². The molecule has 5 nitrogen and oxygen atoms in total. The fourth-order valence-electron chi connectivity index (χ4n) is 1.53. The van der Waals surface area contributed by atoms with Crippen molar-refractivity contribution in [1.29, 1.82) is 0 Å². The molecule has 1 unspecified atom stereocenters. The van der Waals surface area contributed by atoms with E-state index in [0.29, 0.717) is 5.69 Å². The second-order valence-corrected chi connectivity index (χ2v) is 6.08. The molecule has 0 aromatic heterocycles. The number of nitrogen functional groups attached to an aromatic ring is 1. The maximum Gasteiger partial charge on any atom is 0.253 e. The molecule has 0 bridgehead atoms. The molecule has 0 spiro atoms. The summed E-state index contributed by atoms with van der Waals surface area (Å²) in [6.07, 6.45) is 0. The summed E-state index contributed by atoms with van der Waals surface area (Å²) in [5.41, 5.74) is 5.98. The van der Waals surface area contributed by atoms with E-state index in [1.807, 2.05) is 20.8 Å². The Labute approximate surface area is 136 Å². The van der Waals surface area contributed by atoms with E-state index in [4.69, 9.17) is 17.3 Å². The average Bonchev–Trinajstić information content (AvgIpc) is 2.26. The van der Waals surface area contributed by atoms with E-state index < -0.39 is 11.9 Å². The Morgan fingerprint density at radius 1 is 1.29 bits per heavy atom. The number of nitrogens with one attached hydrogen (secondary N) is 2. The molecule has 0 radical (unpaired) electrons. The van der Waals surface area contributed by atoms with E-state index in [9.17, 15) is 9.59 Å². The standard InChI is InChI=1S/C14H20ClN3O2.ClH/c1-8(12(19)18-14(2,3)4)17-13(20)10-6-5-9(16)7-11(10)15;/h5-8H,16H2,1-4H3,(H,17,20)(H,18,19);1H. The predicted octanol–water partition coefficient (Wildman–Crippen LogP) is 2.38. The Bertz CT molecular complexity index is 527. The van der Waals surface area contributed by atoms with Gasteiger partial charge in [0.1, 0.15) is 6.04 Å². The molecule has 118 valence electrons. The van der Waals surface area contributed by atoms with Gasteiger partial charge in [-0.2, -0.15) is 0 Å². The molecule has 0 heterocycles.